The second-order valence-corrected chi connectivity index (χ2v) is 9.04. The summed E-state index contributed by atoms with van der Waals surface area (Å²) in [6, 6.07) is 0. The van der Waals surface area contributed by atoms with Crippen molar-refractivity contribution < 1.29 is 19.1 Å². The highest BCUT2D eigenvalue weighted by Gasteiger charge is 2.14. The molecule has 0 heterocycles. The zero-order valence-electron chi connectivity index (χ0n) is 20.2. The number of ketones is 2. The van der Waals surface area contributed by atoms with Crippen molar-refractivity contribution in [1.82, 2.24) is 4.90 Å². The van der Waals surface area contributed by atoms with Gasteiger partial charge >= 0.3 is 5.97 Å². The van der Waals surface area contributed by atoms with Crippen LogP contribution in [0.2, 0.25) is 0 Å². The summed E-state index contributed by atoms with van der Waals surface area (Å²) < 4.78 is 5.80. The van der Waals surface area contributed by atoms with Gasteiger partial charge in [-0.2, -0.15) is 0 Å². The van der Waals surface area contributed by atoms with Crippen LogP contribution in [0.15, 0.2) is 0 Å². The summed E-state index contributed by atoms with van der Waals surface area (Å²) in [5.74, 6) is 0.486. The maximum absolute atomic E-state index is 12.2. The van der Waals surface area contributed by atoms with Crippen molar-refractivity contribution in [3.05, 3.63) is 0 Å². The average Bonchev–Trinajstić information content (AvgIpc) is 2.65. The van der Waals surface area contributed by atoms with Gasteiger partial charge in [0.1, 0.15) is 17.7 Å². The van der Waals surface area contributed by atoms with Crippen LogP contribution in [0.4, 0.5) is 0 Å². The van der Waals surface area contributed by atoms with Gasteiger partial charge in [-0.3, -0.25) is 4.79 Å². The molecule has 0 aromatic heterocycles. The molecule has 0 saturated carbocycles. The van der Waals surface area contributed by atoms with Crippen molar-refractivity contribution in [3.63, 3.8) is 0 Å². The van der Waals surface area contributed by atoms with Crippen LogP contribution >= 0.6 is 0 Å². The molecule has 0 spiro atoms. The molecule has 0 bridgehead atoms. The lowest BCUT2D eigenvalue weighted by atomic mass is 10.0. The molecule has 0 aliphatic carbocycles. The number of Topliss-reactive ketones (excluding diaryl/α,β-unsaturated/α-hetero) is 2. The van der Waals surface area contributed by atoms with Gasteiger partial charge in [-0.05, 0) is 79.4 Å². The monoisotopic (exact) mass is 425 g/mol. The molecule has 0 atom stereocenters. The van der Waals surface area contributed by atoms with E-state index in [-0.39, 0.29) is 23.6 Å². The highest BCUT2D eigenvalue weighted by Crippen LogP contribution is 2.17. The number of unbranched alkanes of at least 4 members (excludes halogenated alkanes) is 8. The van der Waals surface area contributed by atoms with E-state index in [1.807, 2.05) is 14.1 Å². The van der Waals surface area contributed by atoms with Crippen LogP contribution in [0, 0.1) is 0 Å². The molecule has 5 nitrogen and oxygen atoms in total. The summed E-state index contributed by atoms with van der Waals surface area (Å²) in [5, 5.41) is 0. The van der Waals surface area contributed by atoms with E-state index in [0.717, 1.165) is 90.0 Å². The van der Waals surface area contributed by atoms with E-state index in [2.05, 4.69) is 4.90 Å². The summed E-state index contributed by atoms with van der Waals surface area (Å²) in [4.78, 5) is 36.3. The second kappa shape index (κ2) is 19.7. The van der Waals surface area contributed by atoms with Gasteiger partial charge in [0, 0.05) is 19.3 Å². The predicted octanol–water partition coefficient (Wildman–Crippen LogP) is 5.88. The molecule has 0 unspecified atom stereocenters. The van der Waals surface area contributed by atoms with E-state index in [0.29, 0.717) is 19.3 Å². The second-order valence-electron chi connectivity index (χ2n) is 9.04. The Morgan fingerprint density at radius 3 is 1.50 bits per heavy atom. The number of hydrogen-bond donors (Lipinski definition) is 0. The lowest BCUT2D eigenvalue weighted by molar-refractivity contribution is -0.150. The highest BCUT2D eigenvalue weighted by molar-refractivity contribution is 5.75. The Bertz CT molecular complexity index is 434. The Hall–Kier alpha value is -1.23. The van der Waals surface area contributed by atoms with Crippen LogP contribution in [-0.2, 0) is 19.1 Å². The number of nitrogens with zero attached hydrogens (tertiary/aromatic N) is 1. The quantitative estimate of drug-likeness (QED) is 0.170. The van der Waals surface area contributed by atoms with Crippen molar-refractivity contribution in [2.24, 2.45) is 0 Å². The van der Waals surface area contributed by atoms with Gasteiger partial charge in [-0.1, -0.05) is 38.5 Å². The van der Waals surface area contributed by atoms with Gasteiger partial charge in [0.15, 0.2) is 0 Å². The average molecular weight is 426 g/mol. The third-order valence-electron chi connectivity index (χ3n) is 5.39. The lowest BCUT2D eigenvalue weighted by Gasteiger charge is -2.18. The summed E-state index contributed by atoms with van der Waals surface area (Å²) in [5.41, 5.74) is 0. The first-order valence-electron chi connectivity index (χ1n) is 12.1. The van der Waals surface area contributed by atoms with E-state index in [9.17, 15) is 14.4 Å². The Morgan fingerprint density at radius 1 is 0.633 bits per heavy atom. The van der Waals surface area contributed by atoms with Crippen molar-refractivity contribution in [3.8, 4) is 0 Å². The molecule has 0 radical (unpaired) electrons. The van der Waals surface area contributed by atoms with E-state index in [1.165, 1.54) is 0 Å². The first-order valence-corrected chi connectivity index (χ1v) is 12.1. The molecule has 0 rings (SSSR count). The van der Waals surface area contributed by atoms with Crippen molar-refractivity contribution >= 4 is 17.5 Å². The Morgan fingerprint density at radius 2 is 1.07 bits per heavy atom. The number of carbonyl (C=O) groups is 3. The lowest BCUT2D eigenvalue weighted by Crippen LogP contribution is -2.20. The summed E-state index contributed by atoms with van der Waals surface area (Å²) in [6.07, 6.45) is 15.5. The van der Waals surface area contributed by atoms with Gasteiger partial charge in [0.25, 0.3) is 0 Å². The van der Waals surface area contributed by atoms with Crippen LogP contribution in [0.5, 0.6) is 0 Å². The molecule has 0 N–H and O–H groups in total. The Balaban J connectivity index is 4.10. The van der Waals surface area contributed by atoms with Gasteiger partial charge in [-0.25, -0.2) is 0 Å². The van der Waals surface area contributed by atoms with Crippen LogP contribution in [0.3, 0.4) is 0 Å². The van der Waals surface area contributed by atoms with E-state index >= 15 is 0 Å². The molecule has 0 saturated heterocycles. The highest BCUT2D eigenvalue weighted by atomic mass is 16.5. The van der Waals surface area contributed by atoms with Crippen LogP contribution < -0.4 is 0 Å². The fraction of sp³-hybridized carbons (Fsp3) is 0.880. The minimum absolute atomic E-state index is 0.0336. The largest absolute Gasteiger partial charge is 0.462 e. The summed E-state index contributed by atoms with van der Waals surface area (Å²) in [6.45, 7) is 4.21. The predicted molar refractivity (Wildman–Crippen MR) is 124 cm³/mol. The third kappa shape index (κ3) is 21.5. The number of ether oxygens (including phenoxy) is 1. The molecule has 30 heavy (non-hydrogen) atoms. The summed E-state index contributed by atoms with van der Waals surface area (Å²) in [7, 11) is 4.03. The number of hydrogen-bond acceptors (Lipinski definition) is 5. The number of rotatable bonds is 21. The molecular weight excluding hydrogens is 378 g/mol. The van der Waals surface area contributed by atoms with Crippen LogP contribution in [-0.4, -0.2) is 49.2 Å². The first kappa shape index (κ1) is 28.8. The zero-order valence-corrected chi connectivity index (χ0v) is 20.2. The SMILES string of the molecule is CC(=O)CCCCCCCC(CCCCCCCC(C)=O)OC(=O)CCCN(C)C. The van der Waals surface area contributed by atoms with Crippen LogP contribution in [0.25, 0.3) is 0 Å². The van der Waals surface area contributed by atoms with Crippen molar-refractivity contribution in [1.29, 1.82) is 0 Å². The topological polar surface area (TPSA) is 63.7 Å². The van der Waals surface area contributed by atoms with Crippen molar-refractivity contribution in [2.75, 3.05) is 20.6 Å². The van der Waals surface area contributed by atoms with E-state index < -0.39 is 0 Å². The van der Waals surface area contributed by atoms with Gasteiger partial charge in [-0.15, -0.1) is 0 Å². The van der Waals surface area contributed by atoms with Crippen LogP contribution in [0.1, 0.15) is 117 Å². The fourth-order valence-electron chi connectivity index (χ4n) is 3.60. The Kier molecular flexibility index (Phi) is 18.9. The third-order valence-corrected chi connectivity index (χ3v) is 5.39. The summed E-state index contributed by atoms with van der Waals surface area (Å²) >= 11 is 0. The number of esters is 1. The molecule has 0 aromatic carbocycles. The molecule has 0 aromatic rings. The molecule has 0 aliphatic rings. The normalized spacial score (nSPS) is 11.3. The standard InChI is InChI=1S/C25H47NO4/c1-22(27)16-11-7-5-9-13-18-24(30-25(29)20-15-21-26(3)4)19-14-10-6-8-12-17-23(2)28/h24H,5-21H2,1-4H3. The smallest absolute Gasteiger partial charge is 0.306 e. The van der Waals surface area contributed by atoms with Crippen molar-refractivity contribution in [2.45, 2.75) is 123 Å². The molecular formula is C25H47NO4. The Labute approximate surface area is 185 Å². The molecule has 0 fully saturated rings. The van der Waals surface area contributed by atoms with E-state index in [4.69, 9.17) is 4.74 Å². The number of carbonyl (C=O) groups excluding carboxylic acids is 3. The fourth-order valence-corrected chi connectivity index (χ4v) is 3.60. The molecule has 5 heteroatoms. The maximum atomic E-state index is 12.2. The van der Waals surface area contributed by atoms with Gasteiger partial charge in [0.2, 0.25) is 0 Å². The van der Waals surface area contributed by atoms with Gasteiger partial charge in [0.05, 0.1) is 0 Å². The van der Waals surface area contributed by atoms with E-state index in [1.54, 1.807) is 13.8 Å². The minimum atomic E-state index is -0.0650. The van der Waals surface area contributed by atoms with Gasteiger partial charge < -0.3 is 19.2 Å². The molecule has 0 amide bonds. The maximum Gasteiger partial charge on any atom is 0.306 e. The minimum Gasteiger partial charge on any atom is -0.462 e. The zero-order chi connectivity index (χ0) is 22.6. The molecule has 0 aliphatic heterocycles. The first-order chi connectivity index (χ1) is 14.3. The molecule has 176 valence electrons.